The van der Waals surface area contributed by atoms with Crippen LogP contribution in [0.5, 0.6) is 0 Å². The first kappa shape index (κ1) is 19.3. The van der Waals surface area contributed by atoms with E-state index in [0.29, 0.717) is 16.1 Å². The van der Waals surface area contributed by atoms with E-state index in [1.54, 1.807) is 48.7 Å². The minimum Gasteiger partial charge on any atom is -0.465 e. The number of allylic oxidation sites excluding steroid dienone is 2. The molecule has 0 bridgehead atoms. The Kier molecular flexibility index (Phi) is 5.86. The Morgan fingerprint density at radius 1 is 0.929 bits per heavy atom. The molecular weight excluding hydrogens is 378 g/mol. The van der Waals surface area contributed by atoms with Crippen molar-refractivity contribution in [3.63, 3.8) is 0 Å². The van der Waals surface area contributed by atoms with E-state index in [2.05, 4.69) is 0 Å². The molecule has 1 aromatic carbocycles. The molecule has 0 amide bonds. The fourth-order valence-corrected chi connectivity index (χ4v) is 3.37. The van der Waals surface area contributed by atoms with Crippen LogP contribution in [0.25, 0.3) is 0 Å². The summed E-state index contributed by atoms with van der Waals surface area (Å²) in [7, 11) is 2.48. The lowest BCUT2D eigenvalue weighted by molar-refractivity contribution is -0.139. The van der Waals surface area contributed by atoms with Crippen molar-refractivity contribution in [2.75, 3.05) is 19.1 Å². The third-order valence-electron chi connectivity index (χ3n) is 4.04. The van der Waals surface area contributed by atoms with Gasteiger partial charge in [-0.05, 0) is 47.9 Å². The van der Waals surface area contributed by atoms with E-state index in [4.69, 9.17) is 9.47 Å². The number of hydrogen-bond acceptors (Lipinski definition) is 7. The van der Waals surface area contributed by atoms with Crippen LogP contribution in [0.4, 0.5) is 5.69 Å². The number of anilines is 1. The highest BCUT2D eigenvalue weighted by Crippen LogP contribution is 2.27. The first-order valence-corrected chi connectivity index (χ1v) is 9.18. The van der Waals surface area contributed by atoms with Crippen molar-refractivity contribution in [3.8, 4) is 0 Å². The maximum absolute atomic E-state index is 12.5. The van der Waals surface area contributed by atoms with E-state index in [9.17, 15) is 14.4 Å². The molecule has 0 fully saturated rings. The van der Waals surface area contributed by atoms with Gasteiger partial charge in [0.1, 0.15) is 5.70 Å². The number of carbonyl (C=O) groups is 3. The molecule has 0 atom stereocenters. The number of hydrogen-bond donors (Lipinski definition) is 0. The Hall–Kier alpha value is -3.45. The molecule has 0 N–H and O–H groups in total. The zero-order valence-electron chi connectivity index (χ0n) is 15.2. The molecule has 0 aliphatic carbocycles. The summed E-state index contributed by atoms with van der Waals surface area (Å²) in [4.78, 5) is 39.2. The molecule has 1 aliphatic heterocycles. The van der Waals surface area contributed by atoms with Gasteiger partial charge in [0.15, 0.2) is 0 Å². The van der Waals surface area contributed by atoms with E-state index in [1.165, 1.54) is 36.5 Å². The second kappa shape index (κ2) is 8.49. The molecule has 7 heteroatoms. The van der Waals surface area contributed by atoms with Gasteiger partial charge in [-0.2, -0.15) is 0 Å². The van der Waals surface area contributed by atoms with E-state index < -0.39 is 11.9 Å². The van der Waals surface area contributed by atoms with Crippen LogP contribution in [-0.4, -0.2) is 31.9 Å². The van der Waals surface area contributed by atoms with E-state index in [1.807, 2.05) is 11.4 Å². The van der Waals surface area contributed by atoms with Crippen molar-refractivity contribution in [2.45, 2.75) is 0 Å². The van der Waals surface area contributed by atoms with Crippen LogP contribution in [-0.2, 0) is 19.1 Å². The van der Waals surface area contributed by atoms with Crippen molar-refractivity contribution < 1.29 is 23.9 Å². The first-order valence-electron chi connectivity index (χ1n) is 8.30. The summed E-state index contributed by atoms with van der Waals surface area (Å²) >= 11 is 1.37. The maximum atomic E-state index is 12.5. The lowest BCUT2D eigenvalue weighted by Gasteiger charge is -2.23. The summed E-state index contributed by atoms with van der Waals surface area (Å²) in [5, 5.41) is 1.85. The van der Waals surface area contributed by atoms with Crippen LogP contribution in [0.3, 0.4) is 0 Å². The van der Waals surface area contributed by atoms with Gasteiger partial charge in [0.05, 0.1) is 24.7 Å². The van der Waals surface area contributed by atoms with Crippen molar-refractivity contribution in [3.05, 3.63) is 87.9 Å². The summed E-state index contributed by atoms with van der Waals surface area (Å²) in [6.07, 6.45) is 6.44. The molecule has 1 aliphatic rings. The molecule has 0 spiro atoms. The third-order valence-corrected chi connectivity index (χ3v) is 4.91. The standard InChI is InChI=1S/C21H17NO5S/c1-26-20(24)16-6-3-4-12-22(18(16)21(25)27-2)15-10-8-14(9-11-15)19(23)17-7-5-13-28-17/h3-13H,1-2H3. The summed E-state index contributed by atoms with van der Waals surface area (Å²) < 4.78 is 9.66. The number of benzene rings is 1. The Bertz CT molecular complexity index is 984. The highest BCUT2D eigenvalue weighted by Gasteiger charge is 2.27. The van der Waals surface area contributed by atoms with Crippen molar-refractivity contribution >= 4 is 34.7 Å². The normalized spacial score (nSPS) is 13.3. The minimum atomic E-state index is -0.685. The number of ketones is 1. The molecular formula is C21H17NO5S. The largest absolute Gasteiger partial charge is 0.465 e. The smallest absolute Gasteiger partial charge is 0.355 e. The van der Waals surface area contributed by atoms with Gasteiger partial charge in [0.25, 0.3) is 0 Å². The highest BCUT2D eigenvalue weighted by atomic mass is 32.1. The van der Waals surface area contributed by atoms with Gasteiger partial charge in [-0.1, -0.05) is 12.1 Å². The monoisotopic (exact) mass is 395 g/mol. The van der Waals surface area contributed by atoms with Crippen LogP contribution in [0.1, 0.15) is 15.2 Å². The second-order valence-electron chi connectivity index (χ2n) is 5.67. The number of thiophene rings is 1. The fraction of sp³-hybridized carbons (Fsp3) is 0.0952. The SMILES string of the molecule is COC(=O)C1=C(C(=O)OC)N(c2ccc(C(=O)c3cccs3)cc2)C=CC=C1. The number of esters is 2. The molecule has 3 rings (SSSR count). The number of methoxy groups -OCH3 is 2. The number of ether oxygens (including phenoxy) is 2. The van der Waals surface area contributed by atoms with Crippen molar-refractivity contribution in [1.29, 1.82) is 0 Å². The molecule has 0 unspecified atom stereocenters. The average molecular weight is 395 g/mol. The third kappa shape index (κ3) is 3.79. The number of carbonyl (C=O) groups excluding carboxylic acids is 3. The highest BCUT2D eigenvalue weighted by molar-refractivity contribution is 7.12. The molecule has 6 nitrogen and oxygen atoms in total. The summed E-state index contributed by atoms with van der Waals surface area (Å²) in [5.74, 6) is -1.42. The van der Waals surface area contributed by atoms with Gasteiger partial charge in [-0.25, -0.2) is 9.59 Å². The molecule has 2 aromatic rings. The number of rotatable bonds is 5. The summed E-state index contributed by atoms with van der Waals surface area (Å²) in [6, 6.07) is 10.4. The Morgan fingerprint density at radius 3 is 2.25 bits per heavy atom. The molecule has 0 radical (unpaired) electrons. The second-order valence-corrected chi connectivity index (χ2v) is 6.62. The average Bonchev–Trinajstić information content (AvgIpc) is 3.18. The fourth-order valence-electron chi connectivity index (χ4n) is 2.69. The predicted octanol–water partition coefficient (Wildman–Crippen LogP) is 3.47. The molecule has 0 saturated carbocycles. The Labute approximate surface area is 166 Å². The van der Waals surface area contributed by atoms with Crippen LogP contribution >= 0.6 is 11.3 Å². The Balaban J connectivity index is 2.01. The van der Waals surface area contributed by atoms with Gasteiger partial charge < -0.3 is 14.4 Å². The quantitative estimate of drug-likeness (QED) is 0.570. The molecule has 0 saturated heterocycles. The number of nitrogens with zero attached hydrogens (tertiary/aromatic N) is 1. The van der Waals surface area contributed by atoms with Crippen LogP contribution in [0.2, 0.25) is 0 Å². The Morgan fingerprint density at radius 2 is 1.64 bits per heavy atom. The van der Waals surface area contributed by atoms with Crippen molar-refractivity contribution in [1.82, 2.24) is 0 Å². The van der Waals surface area contributed by atoms with Gasteiger partial charge >= 0.3 is 11.9 Å². The molecule has 28 heavy (non-hydrogen) atoms. The lowest BCUT2D eigenvalue weighted by atomic mass is 10.1. The zero-order chi connectivity index (χ0) is 20.1. The van der Waals surface area contributed by atoms with Gasteiger partial charge in [0.2, 0.25) is 5.78 Å². The lowest BCUT2D eigenvalue weighted by Crippen LogP contribution is -2.27. The van der Waals surface area contributed by atoms with Gasteiger partial charge in [-0.15, -0.1) is 11.3 Å². The molecule has 2 heterocycles. The van der Waals surface area contributed by atoms with Crippen LogP contribution < -0.4 is 4.90 Å². The topological polar surface area (TPSA) is 72.9 Å². The van der Waals surface area contributed by atoms with Crippen LogP contribution in [0.15, 0.2) is 77.5 Å². The van der Waals surface area contributed by atoms with E-state index in [0.717, 1.165) is 0 Å². The maximum Gasteiger partial charge on any atom is 0.355 e. The predicted molar refractivity (Wildman–Crippen MR) is 106 cm³/mol. The summed E-state index contributed by atoms with van der Waals surface area (Å²) in [6.45, 7) is 0. The first-order chi connectivity index (χ1) is 13.6. The van der Waals surface area contributed by atoms with Gasteiger partial charge in [0, 0.05) is 17.5 Å². The van der Waals surface area contributed by atoms with Crippen LogP contribution in [0, 0.1) is 0 Å². The molecule has 142 valence electrons. The summed E-state index contributed by atoms with van der Waals surface area (Å²) in [5.41, 5.74) is 1.21. The molecule has 1 aromatic heterocycles. The van der Waals surface area contributed by atoms with Gasteiger partial charge in [-0.3, -0.25) is 4.79 Å². The van der Waals surface area contributed by atoms with E-state index >= 15 is 0 Å². The zero-order valence-corrected chi connectivity index (χ0v) is 16.1. The minimum absolute atomic E-state index is 0.0247. The van der Waals surface area contributed by atoms with Crippen molar-refractivity contribution in [2.24, 2.45) is 0 Å². The van der Waals surface area contributed by atoms with E-state index in [-0.39, 0.29) is 17.1 Å².